The maximum absolute atomic E-state index is 5.05. The third-order valence-corrected chi connectivity index (χ3v) is 14.3. The molecule has 0 spiro atoms. The van der Waals surface area contributed by atoms with Gasteiger partial charge in [-0.05, 0) is 128 Å². The van der Waals surface area contributed by atoms with Crippen molar-refractivity contribution in [2.45, 2.75) is 6.92 Å². The Morgan fingerprint density at radius 3 is 1.86 bits per heavy atom. The lowest BCUT2D eigenvalue weighted by molar-refractivity contribution is 1.19. The molecule has 0 atom stereocenters. The molecule has 1 N–H and O–H groups in total. The number of hydrogen-bond acceptors (Lipinski definition) is 3. The van der Waals surface area contributed by atoms with E-state index in [0.29, 0.717) is 0 Å². The molecule has 64 heavy (non-hydrogen) atoms. The van der Waals surface area contributed by atoms with Crippen LogP contribution in [0.25, 0.3) is 113 Å². The SMILES string of the molecule is Cc1ccccc1-c1ccccc1Nc1ccc2c(c1)c1ccccc1n2-c1ccc2sc3cnc(-c4cccc(-c5ccc6c7ccccc7c7ccccc7c6c5)c4)cc3c2c1. The quantitative estimate of drug-likeness (QED) is 0.169. The molecule has 0 saturated heterocycles. The largest absolute Gasteiger partial charge is 0.355 e. The normalized spacial score (nSPS) is 11.8. The second-order valence-electron chi connectivity index (χ2n) is 16.9. The Morgan fingerprint density at radius 1 is 0.406 bits per heavy atom. The van der Waals surface area contributed by atoms with Gasteiger partial charge >= 0.3 is 0 Å². The molecule has 4 heteroatoms. The summed E-state index contributed by atoms with van der Waals surface area (Å²) in [5, 5.41) is 16.4. The second-order valence-corrected chi connectivity index (χ2v) is 17.9. The van der Waals surface area contributed by atoms with Gasteiger partial charge in [-0.1, -0.05) is 140 Å². The molecule has 0 bridgehead atoms. The van der Waals surface area contributed by atoms with E-state index in [1.165, 1.54) is 102 Å². The van der Waals surface area contributed by atoms with Crippen LogP contribution < -0.4 is 5.32 Å². The molecule has 0 aliphatic rings. The number of anilines is 2. The molecule has 13 aromatic rings. The molecule has 13 rings (SSSR count). The van der Waals surface area contributed by atoms with E-state index < -0.39 is 0 Å². The molecule has 0 amide bonds. The Labute approximate surface area is 374 Å². The molecule has 3 heterocycles. The van der Waals surface area contributed by atoms with E-state index in [1.807, 2.05) is 0 Å². The number of thiophene rings is 1. The minimum absolute atomic E-state index is 0.970. The predicted molar refractivity (Wildman–Crippen MR) is 275 cm³/mol. The minimum Gasteiger partial charge on any atom is -0.355 e. The van der Waals surface area contributed by atoms with Crippen LogP contribution in [0.2, 0.25) is 0 Å². The van der Waals surface area contributed by atoms with Crippen LogP contribution in [0.15, 0.2) is 212 Å². The Hall–Kier alpha value is -8.05. The summed E-state index contributed by atoms with van der Waals surface area (Å²) in [5.41, 5.74) is 13.8. The van der Waals surface area contributed by atoms with Crippen LogP contribution in [0, 0.1) is 6.92 Å². The molecule has 0 aliphatic carbocycles. The first-order chi connectivity index (χ1) is 31.6. The number of hydrogen-bond donors (Lipinski definition) is 1. The summed E-state index contributed by atoms with van der Waals surface area (Å²) < 4.78 is 4.85. The zero-order valence-corrected chi connectivity index (χ0v) is 35.8. The van der Waals surface area contributed by atoms with Crippen LogP contribution >= 0.6 is 11.3 Å². The first kappa shape index (κ1) is 36.6. The van der Waals surface area contributed by atoms with Gasteiger partial charge < -0.3 is 9.88 Å². The van der Waals surface area contributed by atoms with Gasteiger partial charge in [0, 0.05) is 60.6 Å². The number of benzene rings is 10. The maximum Gasteiger partial charge on any atom is 0.0709 e. The summed E-state index contributed by atoms with van der Waals surface area (Å²) in [6.07, 6.45) is 2.06. The van der Waals surface area contributed by atoms with Crippen molar-refractivity contribution in [1.29, 1.82) is 0 Å². The fraction of sp³-hybridized carbons (Fsp3) is 0.0167. The molecule has 3 aromatic heterocycles. The lowest BCUT2D eigenvalue weighted by atomic mass is 9.91. The molecular formula is C60H39N3S. The summed E-state index contributed by atoms with van der Waals surface area (Å²) in [5.74, 6) is 0. The van der Waals surface area contributed by atoms with Crippen molar-refractivity contribution in [2.24, 2.45) is 0 Å². The van der Waals surface area contributed by atoms with Crippen LogP contribution in [0.5, 0.6) is 0 Å². The van der Waals surface area contributed by atoms with Gasteiger partial charge in [0.05, 0.1) is 21.4 Å². The topological polar surface area (TPSA) is 29.9 Å². The zero-order valence-electron chi connectivity index (χ0n) is 35.0. The Morgan fingerprint density at radius 2 is 1.05 bits per heavy atom. The van der Waals surface area contributed by atoms with E-state index >= 15 is 0 Å². The number of fused-ring (bicyclic) bond motifs is 12. The van der Waals surface area contributed by atoms with Gasteiger partial charge in [0.25, 0.3) is 0 Å². The second kappa shape index (κ2) is 14.5. The number of pyridine rings is 1. The van der Waals surface area contributed by atoms with E-state index in [0.717, 1.165) is 28.3 Å². The summed E-state index contributed by atoms with van der Waals surface area (Å²) in [4.78, 5) is 5.05. The van der Waals surface area contributed by atoms with Crippen molar-refractivity contribution in [2.75, 3.05) is 5.32 Å². The predicted octanol–water partition coefficient (Wildman–Crippen LogP) is 17.1. The van der Waals surface area contributed by atoms with E-state index in [-0.39, 0.29) is 0 Å². The van der Waals surface area contributed by atoms with Crippen LogP contribution in [-0.2, 0) is 0 Å². The molecule has 0 fully saturated rings. The maximum atomic E-state index is 5.05. The molecular weight excluding hydrogens is 795 g/mol. The average molecular weight is 834 g/mol. The standard InChI is InChI=1S/C60H39N3S/c1-37-13-2-3-16-43(37)49-21-8-10-23-55(49)62-41-26-29-58-52(33-41)50-22-9-11-24-57(50)63(58)42-27-30-59-53(34-42)54-35-56(61-36-60(54)64-59)40-15-12-14-38(31-40)39-25-28-48-46-19-5-4-17-44(46)45-18-6-7-20-47(45)51(48)32-39/h2-36,62H,1H3. The molecule has 3 nitrogen and oxygen atoms in total. The Balaban J connectivity index is 0.886. The fourth-order valence-electron chi connectivity index (χ4n) is 10.1. The molecule has 0 saturated carbocycles. The Bertz CT molecular complexity index is 3990. The van der Waals surface area contributed by atoms with Crippen molar-refractivity contribution >= 4 is 97.0 Å². The van der Waals surface area contributed by atoms with Gasteiger partial charge in [0.1, 0.15) is 0 Å². The zero-order chi connectivity index (χ0) is 42.3. The van der Waals surface area contributed by atoms with Crippen molar-refractivity contribution in [3.05, 3.63) is 218 Å². The highest BCUT2D eigenvalue weighted by Gasteiger charge is 2.17. The molecule has 0 radical (unpaired) electrons. The van der Waals surface area contributed by atoms with Crippen molar-refractivity contribution in [3.63, 3.8) is 0 Å². The van der Waals surface area contributed by atoms with Gasteiger partial charge in [-0.2, -0.15) is 0 Å². The van der Waals surface area contributed by atoms with E-state index in [1.54, 1.807) is 11.3 Å². The van der Waals surface area contributed by atoms with Gasteiger partial charge in [-0.15, -0.1) is 11.3 Å². The molecule has 10 aromatic carbocycles. The highest BCUT2D eigenvalue weighted by atomic mass is 32.1. The molecule has 300 valence electrons. The summed E-state index contributed by atoms with van der Waals surface area (Å²) in [7, 11) is 0. The summed E-state index contributed by atoms with van der Waals surface area (Å²) in [6, 6.07) is 75.2. The van der Waals surface area contributed by atoms with Gasteiger partial charge in [0.15, 0.2) is 0 Å². The van der Waals surface area contributed by atoms with Crippen LogP contribution in [-0.4, -0.2) is 9.55 Å². The highest BCUT2D eigenvalue weighted by Crippen LogP contribution is 2.42. The van der Waals surface area contributed by atoms with Crippen LogP contribution in [0.3, 0.4) is 0 Å². The number of nitrogens with zero attached hydrogens (tertiary/aromatic N) is 2. The molecule has 0 unspecified atom stereocenters. The van der Waals surface area contributed by atoms with Crippen LogP contribution in [0.1, 0.15) is 5.56 Å². The smallest absolute Gasteiger partial charge is 0.0709 e. The number of rotatable bonds is 6. The number of aromatic nitrogens is 2. The van der Waals surface area contributed by atoms with E-state index in [4.69, 9.17) is 4.98 Å². The molecule has 0 aliphatic heterocycles. The Kier molecular flexibility index (Phi) is 8.30. The average Bonchev–Trinajstić information content (AvgIpc) is 3.89. The number of para-hydroxylation sites is 2. The van der Waals surface area contributed by atoms with Crippen LogP contribution in [0.4, 0.5) is 11.4 Å². The van der Waals surface area contributed by atoms with Gasteiger partial charge in [-0.25, -0.2) is 0 Å². The first-order valence-corrected chi connectivity index (χ1v) is 22.7. The third-order valence-electron chi connectivity index (χ3n) is 13.1. The summed E-state index contributed by atoms with van der Waals surface area (Å²) in [6.45, 7) is 2.17. The number of nitrogens with one attached hydrogen (secondary N) is 1. The minimum atomic E-state index is 0.970. The monoisotopic (exact) mass is 833 g/mol. The van der Waals surface area contributed by atoms with Gasteiger partial charge in [0.2, 0.25) is 0 Å². The number of aryl methyl sites for hydroxylation is 1. The van der Waals surface area contributed by atoms with E-state index in [2.05, 4.69) is 229 Å². The first-order valence-electron chi connectivity index (χ1n) is 21.8. The van der Waals surface area contributed by atoms with Gasteiger partial charge in [-0.3, -0.25) is 4.98 Å². The lowest BCUT2D eigenvalue weighted by Crippen LogP contribution is -1.95. The van der Waals surface area contributed by atoms with Crippen molar-refractivity contribution in [3.8, 4) is 39.2 Å². The third kappa shape index (κ3) is 5.84. The lowest BCUT2D eigenvalue weighted by Gasteiger charge is -2.14. The highest BCUT2D eigenvalue weighted by molar-refractivity contribution is 7.25. The van der Waals surface area contributed by atoms with Crippen molar-refractivity contribution < 1.29 is 0 Å². The summed E-state index contributed by atoms with van der Waals surface area (Å²) >= 11 is 1.80. The van der Waals surface area contributed by atoms with Crippen molar-refractivity contribution in [1.82, 2.24) is 9.55 Å². The van der Waals surface area contributed by atoms with E-state index in [9.17, 15) is 0 Å². The fourth-order valence-corrected chi connectivity index (χ4v) is 11.1.